The third kappa shape index (κ3) is 5.67. The van der Waals surface area contributed by atoms with Crippen LogP contribution >= 0.6 is 0 Å². The molecule has 2 atom stereocenters. The molecule has 0 aliphatic rings. The zero-order valence-electron chi connectivity index (χ0n) is 16.2. The lowest BCUT2D eigenvalue weighted by molar-refractivity contribution is 0.0922. The summed E-state index contributed by atoms with van der Waals surface area (Å²) in [5, 5.41) is 2.90. The number of carbonyl (C=O) groups is 1. The smallest absolute Gasteiger partial charge is 0.287 e. The SMILES string of the molecule is Cc1ccc(C[S@@](=O)Cc2ccc(C(=O)NC[C@@H](C)c3ccccc3)o2)cc1. The second-order valence-corrected chi connectivity index (χ2v) is 8.46. The molecule has 4 nitrogen and oxygen atoms in total. The molecule has 3 aromatic rings. The number of aryl methyl sites for hydroxylation is 1. The van der Waals surface area contributed by atoms with Gasteiger partial charge in [-0.3, -0.25) is 9.00 Å². The van der Waals surface area contributed by atoms with E-state index >= 15 is 0 Å². The largest absolute Gasteiger partial charge is 0.455 e. The second-order valence-electron chi connectivity index (χ2n) is 7.00. The first-order valence-corrected chi connectivity index (χ1v) is 10.8. The fourth-order valence-corrected chi connectivity index (χ4v) is 4.03. The highest BCUT2D eigenvalue weighted by molar-refractivity contribution is 7.83. The van der Waals surface area contributed by atoms with E-state index < -0.39 is 10.8 Å². The average Bonchev–Trinajstić information content (AvgIpc) is 3.16. The highest BCUT2D eigenvalue weighted by Gasteiger charge is 2.14. The molecule has 0 spiro atoms. The molecule has 0 saturated carbocycles. The molecule has 1 aromatic heterocycles. The Morgan fingerprint density at radius 3 is 2.43 bits per heavy atom. The zero-order chi connectivity index (χ0) is 19.9. The van der Waals surface area contributed by atoms with E-state index in [1.54, 1.807) is 12.1 Å². The van der Waals surface area contributed by atoms with Crippen LogP contribution in [0.15, 0.2) is 71.1 Å². The molecule has 1 amide bonds. The van der Waals surface area contributed by atoms with Crippen molar-refractivity contribution in [2.24, 2.45) is 0 Å². The molecule has 0 aliphatic heterocycles. The molecular weight excluding hydrogens is 370 g/mol. The molecule has 1 N–H and O–H groups in total. The molecule has 0 radical (unpaired) electrons. The zero-order valence-corrected chi connectivity index (χ0v) is 17.0. The van der Waals surface area contributed by atoms with Crippen molar-refractivity contribution in [2.45, 2.75) is 31.3 Å². The average molecular weight is 396 g/mol. The molecule has 1 heterocycles. The van der Waals surface area contributed by atoms with Gasteiger partial charge in [0, 0.05) is 23.1 Å². The van der Waals surface area contributed by atoms with Crippen LogP contribution in [0.4, 0.5) is 0 Å². The Hall–Kier alpha value is -2.66. The standard InChI is InChI=1S/C23H25NO3S/c1-17-8-10-19(11-9-17)15-28(26)16-21-12-13-22(27-21)23(25)24-14-18(2)20-6-4-3-5-7-20/h3-13,18H,14-16H2,1-2H3,(H,24,25)/t18-,28-/m1/s1. The molecule has 0 saturated heterocycles. The Labute approximate surface area is 168 Å². The first-order valence-electron chi connectivity index (χ1n) is 9.33. The minimum absolute atomic E-state index is 0.210. The third-order valence-corrected chi connectivity index (χ3v) is 5.84. The second kappa shape index (κ2) is 9.51. The maximum absolute atomic E-state index is 12.4. The number of amides is 1. The van der Waals surface area contributed by atoms with Gasteiger partial charge in [0.25, 0.3) is 5.91 Å². The van der Waals surface area contributed by atoms with Gasteiger partial charge in [0.05, 0.1) is 5.75 Å². The molecule has 3 rings (SSSR count). The van der Waals surface area contributed by atoms with E-state index in [2.05, 4.69) is 12.2 Å². The quantitative estimate of drug-likeness (QED) is 0.608. The lowest BCUT2D eigenvalue weighted by Crippen LogP contribution is -2.27. The van der Waals surface area contributed by atoms with Crippen LogP contribution in [-0.2, 0) is 22.3 Å². The van der Waals surface area contributed by atoms with Gasteiger partial charge in [-0.15, -0.1) is 0 Å². The number of benzene rings is 2. The van der Waals surface area contributed by atoms with Crippen LogP contribution in [-0.4, -0.2) is 16.7 Å². The minimum Gasteiger partial charge on any atom is -0.455 e. The monoisotopic (exact) mass is 395 g/mol. The van der Waals surface area contributed by atoms with Gasteiger partial charge in [-0.25, -0.2) is 0 Å². The summed E-state index contributed by atoms with van der Waals surface area (Å²) in [6, 6.07) is 21.4. The molecule has 0 bridgehead atoms. The van der Waals surface area contributed by atoms with Crippen molar-refractivity contribution in [3.63, 3.8) is 0 Å². The molecule has 0 aliphatic carbocycles. The topological polar surface area (TPSA) is 59.3 Å². The Kier molecular flexibility index (Phi) is 6.82. The van der Waals surface area contributed by atoms with Crippen LogP contribution in [0.2, 0.25) is 0 Å². The summed E-state index contributed by atoms with van der Waals surface area (Å²) in [4.78, 5) is 12.3. The fraction of sp³-hybridized carbons (Fsp3) is 0.261. The van der Waals surface area contributed by atoms with E-state index in [1.165, 1.54) is 11.1 Å². The van der Waals surface area contributed by atoms with Gasteiger partial charge in [0.2, 0.25) is 0 Å². The molecule has 2 aromatic carbocycles. The van der Waals surface area contributed by atoms with Crippen LogP contribution in [0.1, 0.15) is 45.8 Å². The summed E-state index contributed by atoms with van der Waals surface area (Å²) in [6.07, 6.45) is 0. The Bertz CT molecular complexity index is 932. The minimum atomic E-state index is -1.09. The van der Waals surface area contributed by atoms with Crippen LogP contribution in [0, 0.1) is 6.92 Å². The molecule has 0 fully saturated rings. The van der Waals surface area contributed by atoms with E-state index in [9.17, 15) is 9.00 Å². The van der Waals surface area contributed by atoms with E-state index in [4.69, 9.17) is 4.42 Å². The highest BCUT2D eigenvalue weighted by Crippen LogP contribution is 2.15. The van der Waals surface area contributed by atoms with Crippen molar-refractivity contribution in [1.29, 1.82) is 0 Å². The Morgan fingerprint density at radius 1 is 1.00 bits per heavy atom. The van der Waals surface area contributed by atoms with E-state index in [1.807, 2.05) is 61.5 Å². The summed E-state index contributed by atoms with van der Waals surface area (Å²) in [5.41, 5.74) is 3.38. The van der Waals surface area contributed by atoms with Crippen LogP contribution in [0.3, 0.4) is 0 Å². The number of carbonyl (C=O) groups excluding carboxylic acids is 1. The Morgan fingerprint density at radius 2 is 1.71 bits per heavy atom. The lowest BCUT2D eigenvalue weighted by atomic mass is 10.0. The lowest BCUT2D eigenvalue weighted by Gasteiger charge is -2.12. The summed E-state index contributed by atoms with van der Waals surface area (Å²) < 4.78 is 18.0. The van der Waals surface area contributed by atoms with E-state index in [0.29, 0.717) is 23.8 Å². The van der Waals surface area contributed by atoms with E-state index in [-0.39, 0.29) is 17.6 Å². The van der Waals surface area contributed by atoms with Gasteiger partial charge in [-0.2, -0.15) is 0 Å². The van der Waals surface area contributed by atoms with Crippen LogP contribution < -0.4 is 5.32 Å². The molecule has 0 unspecified atom stereocenters. The van der Waals surface area contributed by atoms with Gasteiger partial charge >= 0.3 is 0 Å². The number of hydrogen-bond acceptors (Lipinski definition) is 3. The molecule has 146 valence electrons. The first-order chi connectivity index (χ1) is 13.5. The van der Waals surface area contributed by atoms with Gasteiger partial charge in [0.15, 0.2) is 5.76 Å². The van der Waals surface area contributed by atoms with Gasteiger partial charge in [-0.05, 0) is 36.1 Å². The van der Waals surface area contributed by atoms with Crippen LogP contribution in [0.5, 0.6) is 0 Å². The number of rotatable bonds is 8. The predicted octanol–water partition coefficient (Wildman–Crippen LogP) is 4.57. The van der Waals surface area contributed by atoms with Gasteiger partial charge in [0.1, 0.15) is 5.76 Å². The fourth-order valence-electron chi connectivity index (χ4n) is 2.89. The predicted molar refractivity (Wildman–Crippen MR) is 113 cm³/mol. The van der Waals surface area contributed by atoms with Gasteiger partial charge < -0.3 is 9.73 Å². The number of nitrogens with one attached hydrogen (secondary N) is 1. The summed E-state index contributed by atoms with van der Waals surface area (Å²) in [5.74, 6) is 1.54. The number of furan rings is 1. The van der Waals surface area contributed by atoms with Crippen molar-refractivity contribution in [3.8, 4) is 0 Å². The van der Waals surface area contributed by atoms with Crippen LogP contribution in [0.25, 0.3) is 0 Å². The maximum atomic E-state index is 12.4. The maximum Gasteiger partial charge on any atom is 0.287 e. The van der Waals surface area contributed by atoms with E-state index in [0.717, 1.165) is 5.56 Å². The summed E-state index contributed by atoms with van der Waals surface area (Å²) in [7, 11) is -1.09. The first kappa shape index (κ1) is 20.1. The molecular formula is C23H25NO3S. The number of hydrogen-bond donors (Lipinski definition) is 1. The Balaban J connectivity index is 1.50. The van der Waals surface area contributed by atoms with Crippen molar-refractivity contribution in [3.05, 3.63) is 94.9 Å². The summed E-state index contributed by atoms with van der Waals surface area (Å²) >= 11 is 0. The van der Waals surface area contributed by atoms with Crippen molar-refractivity contribution >= 4 is 16.7 Å². The molecule has 28 heavy (non-hydrogen) atoms. The highest BCUT2D eigenvalue weighted by atomic mass is 32.2. The third-order valence-electron chi connectivity index (χ3n) is 4.57. The van der Waals surface area contributed by atoms with Crippen molar-refractivity contribution < 1.29 is 13.4 Å². The van der Waals surface area contributed by atoms with Gasteiger partial charge in [-0.1, -0.05) is 67.1 Å². The normalized spacial score (nSPS) is 13.1. The summed E-state index contributed by atoms with van der Waals surface area (Å²) in [6.45, 7) is 4.62. The molecule has 5 heteroatoms. The van der Waals surface area contributed by atoms with Crippen molar-refractivity contribution in [1.82, 2.24) is 5.32 Å². The van der Waals surface area contributed by atoms with Crippen molar-refractivity contribution in [2.75, 3.05) is 6.54 Å².